The van der Waals surface area contributed by atoms with Gasteiger partial charge in [-0.05, 0) is 30.2 Å². The largest absolute Gasteiger partial charge is 0.493 e. The molecule has 2 atom stereocenters. The molecular formula is C24H23F2N3O5S. The Bertz CT molecular complexity index is 1280. The van der Waals surface area contributed by atoms with E-state index < -0.39 is 17.5 Å². The maximum Gasteiger partial charge on any atom is 0.245 e. The summed E-state index contributed by atoms with van der Waals surface area (Å²) in [6.45, 7) is 0.846. The molecule has 0 aliphatic carbocycles. The average Bonchev–Trinajstić information content (AvgIpc) is 3.55. The molecule has 1 unspecified atom stereocenters. The summed E-state index contributed by atoms with van der Waals surface area (Å²) < 4.78 is 44.5. The van der Waals surface area contributed by atoms with Gasteiger partial charge in [-0.15, -0.1) is 0 Å². The molecule has 35 heavy (non-hydrogen) atoms. The Morgan fingerprint density at radius 2 is 2.14 bits per heavy atom. The van der Waals surface area contributed by atoms with E-state index in [-0.39, 0.29) is 46.4 Å². The molecular weight excluding hydrogens is 480 g/mol. The number of carbonyl (C=O) groups is 2. The number of hydrogen-bond donors (Lipinski definition) is 1. The van der Waals surface area contributed by atoms with Gasteiger partial charge >= 0.3 is 0 Å². The van der Waals surface area contributed by atoms with Gasteiger partial charge in [-0.25, -0.2) is 13.8 Å². The highest BCUT2D eigenvalue weighted by molar-refractivity contribution is 7.22. The summed E-state index contributed by atoms with van der Waals surface area (Å²) in [5.41, 5.74) is 0.892. The molecule has 2 amide bonds. The molecule has 2 aliphatic heterocycles. The molecule has 184 valence electrons. The molecule has 0 saturated carbocycles. The topological polar surface area (TPSA) is 90.0 Å². The summed E-state index contributed by atoms with van der Waals surface area (Å²) in [5, 5.41) is 2.72. The second kappa shape index (κ2) is 9.74. The van der Waals surface area contributed by atoms with Crippen molar-refractivity contribution in [1.82, 2.24) is 9.88 Å². The molecule has 0 spiro atoms. The van der Waals surface area contributed by atoms with Crippen LogP contribution in [-0.2, 0) is 14.3 Å². The van der Waals surface area contributed by atoms with Gasteiger partial charge < -0.3 is 24.4 Å². The van der Waals surface area contributed by atoms with Gasteiger partial charge in [0, 0.05) is 31.4 Å². The first-order valence-corrected chi connectivity index (χ1v) is 12.0. The molecule has 0 radical (unpaired) electrons. The zero-order valence-corrected chi connectivity index (χ0v) is 19.7. The lowest BCUT2D eigenvalue weighted by molar-refractivity contribution is -0.131. The van der Waals surface area contributed by atoms with Crippen LogP contribution in [0.2, 0.25) is 0 Å². The molecule has 2 aromatic carbocycles. The molecule has 3 heterocycles. The van der Waals surface area contributed by atoms with Crippen LogP contribution >= 0.6 is 11.3 Å². The van der Waals surface area contributed by atoms with E-state index in [2.05, 4.69) is 10.3 Å². The van der Waals surface area contributed by atoms with Gasteiger partial charge in [-0.2, -0.15) is 0 Å². The first-order chi connectivity index (χ1) is 16.9. The predicted octanol–water partition coefficient (Wildman–Crippen LogP) is 4.05. The van der Waals surface area contributed by atoms with Crippen molar-refractivity contribution < 1.29 is 32.6 Å². The summed E-state index contributed by atoms with van der Waals surface area (Å²) in [5.74, 6) is -1.11. The molecule has 0 bridgehead atoms. The maximum atomic E-state index is 13.9. The highest BCUT2D eigenvalue weighted by Gasteiger charge is 2.32. The molecule has 2 fully saturated rings. The highest BCUT2D eigenvalue weighted by Crippen LogP contribution is 2.36. The monoisotopic (exact) mass is 503 g/mol. The van der Waals surface area contributed by atoms with Crippen molar-refractivity contribution in [3.05, 3.63) is 47.5 Å². The van der Waals surface area contributed by atoms with E-state index in [4.69, 9.17) is 14.2 Å². The normalized spacial score (nSPS) is 20.0. The van der Waals surface area contributed by atoms with E-state index in [9.17, 15) is 18.4 Å². The Kier molecular flexibility index (Phi) is 6.52. The van der Waals surface area contributed by atoms with Gasteiger partial charge in [0.25, 0.3) is 0 Å². The fraction of sp³-hybridized carbons (Fsp3) is 0.375. The van der Waals surface area contributed by atoms with Crippen LogP contribution in [0.5, 0.6) is 11.5 Å². The molecule has 3 aromatic rings. The first kappa shape index (κ1) is 23.4. The van der Waals surface area contributed by atoms with Crippen LogP contribution in [0.15, 0.2) is 30.3 Å². The fourth-order valence-electron chi connectivity index (χ4n) is 4.31. The number of methoxy groups -OCH3 is 1. The minimum atomic E-state index is -0.795. The number of rotatable bonds is 7. The minimum absolute atomic E-state index is 0.00968. The number of amides is 2. The van der Waals surface area contributed by atoms with Gasteiger partial charge in [-0.3, -0.25) is 9.59 Å². The molecule has 1 N–H and O–H groups in total. The number of ether oxygens (including phenoxy) is 3. The number of hydrogen-bond acceptors (Lipinski definition) is 7. The average molecular weight is 504 g/mol. The predicted molar refractivity (Wildman–Crippen MR) is 125 cm³/mol. The van der Waals surface area contributed by atoms with Gasteiger partial charge in [-0.1, -0.05) is 17.4 Å². The maximum absolute atomic E-state index is 13.9. The van der Waals surface area contributed by atoms with Crippen molar-refractivity contribution in [3.63, 3.8) is 0 Å². The van der Waals surface area contributed by atoms with Crippen LogP contribution in [0.25, 0.3) is 10.2 Å². The van der Waals surface area contributed by atoms with Crippen molar-refractivity contribution in [3.8, 4) is 11.5 Å². The smallest absolute Gasteiger partial charge is 0.245 e. The molecule has 2 saturated heterocycles. The van der Waals surface area contributed by atoms with Crippen LogP contribution in [0.3, 0.4) is 0 Å². The van der Waals surface area contributed by atoms with Crippen molar-refractivity contribution in [1.29, 1.82) is 0 Å². The van der Waals surface area contributed by atoms with Crippen LogP contribution in [0.1, 0.15) is 30.7 Å². The van der Waals surface area contributed by atoms with E-state index in [0.29, 0.717) is 24.7 Å². The number of anilines is 1. The number of fused-ring (bicyclic) bond motifs is 1. The van der Waals surface area contributed by atoms with Crippen LogP contribution in [0, 0.1) is 11.6 Å². The number of benzene rings is 2. The Labute approximate surface area is 203 Å². The second-order valence-electron chi connectivity index (χ2n) is 8.45. The standard InChI is InChI=1S/C24H23F2N3O5S/c1-32-17-5-4-13(7-18(17)34-22-3-2-6-33-22)14-8-21(31)29(11-14)12-20(30)27-24-28-23-16(26)9-15(25)10-19(23)35-24/h4-5,7,9-10,14,22H,2-3,6,8,11-12H2,1H3,(H,27,28,30)/t14-,22?/m1/s1. The van der Waals surface area contributed by atoms with E-state index in [1.54, 1.807) is 13.2 Å². The van der Waals surface area contributed by atoms with Gasteiger partial charge in [0.05, 0.1) is 25.0 Å². The quantitative estimate of drug-likeness (QED) is 0.523. The molecule has 5 rings (SSSR count). The summed E-state index contributed by atoms with van der Waals surface area (Å²) >= 11 is 0.965. The zero-order valence-electron chi connectivity index (χ0n) is 18.9. The number of aromatic nitrogens is 1. The summed E-state index contributed by atoms with van der Waals surface area (Å²) in [4.78, 5) is 30.7. The van der Waals surface area contributed by atoms with Crippen molar-refractivity contribution in [2.75, 3.05) is 32.1 Å². The Morgan fingerprint density at radius 1 is 1.29 bits per heavy atom. The van der Waals surface area contributed by atoms with Crippen LogP contribution in [-0.4, -0.2) is 54.8 Å². The van der Waals surface area contributed by atoms with E-state index in [1.165, 1.54) is 4.90 Å². The van der Waals surface area contributed by atoms with Gasteiger partial charge in [0.1, 0.15) is 11.3 Å². The Hall–Kier alpha value is -3.31. The van der Waals surface area contributed by atoms with Gasteiger partial charge in [0.15, 0.2) is 28.7 Å². The first-order valence-electron chi connectivity index (χ1n) is 11.2. The summed E-state index contributed by atoms with van der Waals surface area (Å²) in [7, 11) is 1.56. The SMILES string of the molecule is COc1ccc([C@@H]2CC(=O)N(CC(=O)Nc3nc4c(F)cc(F)cc4s3)C2)cc1OC1CCCO1. The van der Waals surface area contributed by atoms with E-state index in [0.717, 1.165) is 41.9 Å². The van der Waals surface area contributed by atoms with Gasteiger partial charge in [0.2, 0.25) is 11.8 Å². The molecule has 2 aliphatic rings. The molecule has 11 heteroatoms. The lowest BCUT2D eigenvalue weighted by atomic mass is 9.98. The number of nitrogens with one attached hydrogen (secondary N) is 1. The number of thiazole rings is 1. The Morgan fingerprint density at radius 3 is 2.91 bits per heavy atom. The second-order valence-corrected chi connectivity index (χ2v) is 9.48. The van der Waals surface area contributed by atoms with Crippen molar-refractivity contribution in [2.45, 2.75) is 31.5 Å². The lowest BCUT2D eigenvalue weighted by Crippen LogP contribution is -2.34. The third-order valence-corrected chi connectivity index (χ3v) is 6.93. The number of likely N-dealkylation sites (tertiary alicyclic amines) is 1. The van der Waals surface area contributed by atoms with Crippen molar-refractivity contribution >= 4 is 38.5 Å². The lowest BCUT2D eigenvalue weighted by Gasteiger charge is -2.19. The molecule has 1 aromatic heterocycles. The van der Waals surface area contributed by atoms with Crippen LogP contribution in [0.4, 0.5) is 13.9 Å². The number of halogens is 2. The zero-order chi connectivity index (χ0) is 24.5. The number of carbonyl (C=O) groups excluding carboxylic acids is 2. The minimum Gasteiger partial charge on any atom is -0.493 e. The van der Waals surface area contributed by atoms with E-state index in [1.807, 2.05) is 12.1 Å². The molecule has 8 nitrogen and oxygen atoms in total. The van der Waals surface area contributed by atoms with Crippen LogP contribution < -0.4 is 14.8 Å². The number of nitrogens with zero attached hydrogens (tertiary/aromatic N) is 2. The van der Waals surface area contributed by atoms with E-state index >= 15 is 0 Å². The summed E-state index contributed by atoms with van der Waals surface area (Å²) in [6, 6.07) is 7.45. The van der Waals surface area contributed by atoms with Crippen molar-refractivity contribution in [2.24, 2.45) is 0 Å². The third kappa shape index (κ3) is 5.06. The fourth-order valence-corrected chi connectivity index (χ4v) is 5.23. The summed E-state index contributed by atoms with van der Waals surface area (Å²) in [6.07, 6.45) is 1.67. The third-order valence-electron chi connectivity index (χ3n) is 6.01. The Balaban J connectivity index is 1.24. The highest BCUT2D eigenvalue weighted by atomic mass is 32.1.